The van der Waals surface area contributed by atoms with Crippen LogP contribution in [0, 0.1) is 0 Å². The van der Waals surface area contributed by atoms with Gasteiger partial charge in [0.1, 0.15) is 11.5 Å². The number of furan rings is 1. The van der Waals surface area contributed by atoms with E-state index in [0.29, 0.717) is 10.7 Å². The van der Waals surface area contributed by atoms with Gasteiger partial charge in [-0.25, -0.2) is 0 Å². The van der Waals surface area contributed by atoms with Crippen molar-refractivity contribution in [3.8, 4) is 0 Å². The van der Waals surface area contributed by atoms with E-state index in [4.69, 9.17) is 10.2 Å². The predicted octanol–water partition coefficient (Wildman–Crippen LogP) is 1.84. The van der Waals surface area contributed by atoms with Gasteiger partial charge in [0.15, 0.2) is 0 Å². The molecule has 6 heteroatoms. The molecule has 2 rings (SSSR count). The number of aryl methyl sites for hydroxylation is 1. The fourth-order valence-corrected chi connectivity index (χ4v) is 2.46. The van der Waals surface area contributed by atoms with Crippen LogP contribution in [-0.2, 0) is 11.2 Å². The number of rotatable bonds is 4. The largest absolute Gasteiger partial charge is 0.462 e. The SMILES string of the molecule is CCc1ccc(C=C2SC(=O)N(CCN)C2=O)o1. The zero-order valence-electron chi connectivity index (χ0n) is 10.0. The molecule has 0 radical (unpaired) electrons. The number of carbonyl (C=O) groups excluding carboxylic acids is 2. The summed E-state index contributed by atoms with van der Waals surface area (Å²) in [6.45, 7) is 2.50. The van der Waals surface area contributed by atoms with Crippen LogP contribution in [0.15, 0.2) is 21.5 Å². The topological polar surface area (TPSA) is 76.5 Å². The molecular formula is C12H14N2O3S. The van der Waals surface area contributed by atoms with E-state index in [1.807, 2.05) is 13.0 Å². The summed E-state index contributed by atoms with van der Waals surface area (Å²) in [5.74, 6) is 1.14. The quantitative estimate of drug-likeness (QED) is 0.841. The Morgan fingerprint density at radius 1 is 1.44 bits per heavy atom. The molecule has 0 aromatic carbocycles. The number of hydrogen-bond donors (Lipinski definition) is 1. The highest BCUT2D eigenvalue weighted by molar-refractivity contribution is 8.18. The lowest BCUT2D eigenvalue weighted by Gasteiger charge is -2.09. The second-order valence-electron chi connectivity index (χ2n) is 3.78. The summed E-state index contributed by atoms with van der Waals surface area (Å²) in [6.07, 6.45) is 2.39. The zero-order valence-corrected chi connectivity index (χ0v) is 10.8. The minimum absolute atomic E-state index is 0.250. The Balaban J connectivity index is 2.19. The van der Waals surface area contributed by atoms with Crippen LogP contribution in [0.1, 0.15) is 18.4 Å². The third kappa shape index (κ3) is 2.49. The molecule has 2 amide bonds. The van der Waals surface area contributed by atoms with Crippen molar-refractivity contribution in [1.29, 1.82) is 0 Å². The third-order valence-electron chi connectivity index (χ3n) is 2.53. The van der Waals surface area contributed by atoms with Crippen molar-refractivity contribution in [3.63, 3.8) is 0 Å². The average Bonchev–Trinajstić information content (AvgIpc) is 2.90. The maximum atomic E-state index is 11.9. The first-order chi connectivity index (χ1) is 8.65. The summed E-state index contributed by atoms with van der Waals surface area (Å²) in [5, 5.41) is -0.279. The Labute approximate surface area is 109 Å². The van der Waals surface area contributed by atoms with Crippen LogP contribution in [0.25, 0.3) is 6.08 Å². The maximum Gasteiger partial charge on any atom is 0.293 e. The van der Waals surface area contributed by atoms with Crippen LogP contribution in [0.3, 0.4) is 0 Å². The molecule has 0 saturated carbocycles. The van der Waals surface area contributed by atoms with Gasteiger partial charge in [0.05, 0.1) is 4.91 Å². The van der Waals surface area contributed by atoms with Gasteiger partial charge in [0.2, 0.25) is 0 Å². The minimum Gasteiger partial charge on any atom is -0.462 e. The second-order valence-corrected chi connectivity index (χ2v) is 4.77. The molecule has 1 fully saturated rings. The molecule has 0 atom stereocenters. The molecule has 5 nitrogen and oxygen atoms in total. The molecule has 0 spiro atoms. The number of hydrogen-bond acceptors (Lipinski definition) is 5. The maximum absolute atomic E-state index is 11.9. The normalized spacial score (nSPS) is 18.1. The molecule has 2 heterocycles. The monoisotopic (exact) mass is 266 g/mol. The Hall–Kier alpha value is -1.53. The number of amides is 2. The predicted molar refractivity (Wildman–Crippen MR) is 69.8 cm³/mol. The highest BCUT2D eigenvalue weighted by Gasteiger charge is 2.34. The van der Waals surface area contributed by atoms with Crippen LogP contribution in [0.5, 0.6) is 0 Å². The van der Waals surface area contributed by atoms with Crippen LogP contribution in [-0.4, -0.2) is 29.1 Å². The summed E-state index contributed by atoms with van der Waals surface area (Å²) >= 11 is 0.916. The average molecular weight is 266 g/mol. The highest BCUT2D eigenvalue weighted by atomic mass is 32.2. The van der Waals surface area contributed by atoms with Crippen LogP contribution in [0.2, 0.25) is 0 Å². The molecular weight excluding hydrogens is 252 g/mol. The van der Waals surface area contributed by atoms with Gasteiger partial charge in [-0.3, -0.25) is 14.5 Å². The molecule has 96 valence electrons. The van der Waals surface area contributed by atoms with Crippen molar-refractivity contribution in [2.24, 2.45) is 5.73 Å². The molecule has 1 aliphatic heterocycles. The summed E-state index contributed by atoms with van der Waals surface area (Å²) < 4.78 is 5.48. The van der Waals surface area contributed by atoms with Gasteiger partial charge in [-0.05, 0) is 23.9 Å². The first-order valence-corrected chi connectivity index (χ1v) is 6.51. The van der Waals surface area contributed by atoms with E-state index in [9.17, 15) is 9.59 Å². The Bertz CT molecular complexity index is 507. The van der Waals surface area contributed by atoms with Crippen molar-refractivity contribution in [3.05, 3.63) is 28.6 Å². The molecule has 1 aromatic rings. The first-order valence-electron chi connectivity index (χ1n) is 5.70. The van der Waals surface area contributed by atoms with E-state index in [2.05, 4.69) is 0 Å². The second kappa shape index (κ2) is 5.41. The minimum atomic E-state index is -0.301. The van der Waals surface area contributed by atoms with Crippen LogP contribution < -0.4 is 5.73 Å². The van der Waals surface area contributed by atoms with Gasteiger partial charge < -0.3 is 10.2 Å². The Morgan fingerprint density at radius 2 is 2.22 bits per heavy atom. The van der Waals surface area contributed by atoms with Crippen molar-refractivity contribution in [2.75, 3.05) is 13.1 Å². The van der Waals surface area contributed by atoms with Crippen molar-refractivity contribution >= 4 is 29.0 Å². The van der Waals surface area contributed by atoms with Crippen LogP contribution >= 0.6 is 11.8 Å². The molecule has 0 unspecified atom stereocenters. The molecule has 0 bridgehead atoms. The number of nitrogens with zero attached hydrogens (tertiary/aromatic N) is 1. The summed E-state index contributed by atoms with van der Waals surface area (Å²) in [6, 6.07) is 3.64. The smallest absolute Gasteiger partial charge is 0.293 e. The van der Waals surface area contributed by atoms with Crippen molar-refractivity contribution in [2.45, 2.75) is 13.3 Å². The van der Waals surface area contributed by atoms with Gasteiger partial charge in [0.25, 0.3) is 11.1 Å². The molecule has 1 saturated heterocycles. The zero-order chi connectivity index (χ0) is 13.1. The Kier molecular flexibility index (Phi) is 3.88. The fraction of sp³-hybridized carbons (Fsp3) is 0.333. The molecule has 1 aromatic heterocycles. The van der Waals surface area contributed by atoms with Gasteiger partial charge in [-0.2, -0.15) is 0 Å². The van der Waals surface area contributed by atoms with E-state index in [1.165, 1.54) is 0 Å². The standard InChI is InChI=1S/C12H14N2O3S/c1-2-8-3-4-9(17-8)7-10-11(15)14(6-5-13)12(16)18-10/h3-4,7H,2,5-6,13H2,1H3. The first kappa shape index (κ1) is 12.9. The molecule has 1 aliphatic rings. The molecule has 2 N–H and O–H groups in total. The lowest BCUT2D eigenvalue weighted by atomic mass is 10.3. The lowest BCUT2D eigenvalue weighted by molar-refractivity contribution is -0.122. The Morgan fingerprint density at radius 3 is 2.83 bits per heavy atom. The van der Waals surface area contributed by atoms with E-state index >= 15 is 0 Å². The van der Waals surface area contributed by atoms with Gasteiger partial charge in [-0.15, -0.1) is 0 Å². The van der Waals surface area contributed by atoms with E-state index in [1.54, 1.807) is 12.1 Å². The summed E-state index contributed by atoms with van der Waals surface area (Å²) in [5.41, 5.74) is 5.36. The van der Waals surface area contributed by atoms with Crippen molar-refractivity contribution < 1.29 is 14.0 Å². The van der Waals surface area contributed by atoms with Crippen LogP contribution in [0.4, 0.5) is 4.79 Å². The van der Waals surface area contributed by atoms with E-state index in [-0.39, 0.29) is 24.2 Å². The van der Waals surface area contributed by atoms with E-state index < -0.39 is 0 Å². The number of imide groups is 1. The van der Waals surface area contributed by atoms with E-state index in [0.717, 1.165) is 28.8 Å². The number of carbonyl (C=O) groups is 2. The van der Waals surface area contributed by atoms with Gasteiger partial charge in [0, 0.05) is 25.6 Å². The van der Waals surface area contributed by atoms with Gasteiger partial charge >= 0.3 is 0 Å². The number of thioether (sulfide) groups is 1. The van der Waals surface area contributed by atoms with Gasteiger partial charge in [-0.1, -0.05) is 6.92 Å². The third-order valence-corrected chi connectivity index (χ3v) is 3.44. The summed E-state index contributed by atoms with van der Waals surface area (Å²) in [7, 11) is 0. The molecule has 18 heavy (non-hydrogen) atoms. The molecule has 0 aliphatic carbocycles. The van der Waals surface area contributed by atoms with Crippen molar-refractivity contribution in [1.82, 2.24) is 4.90 Å². The lowest BCUT2D eigenvalue weighted by Crippen LogP contribution is -2.33. The highest BCUT2D eigenvalue weighted by Crippen LogP contribution is 2.32. The fourth-order valence-electron chi connectivity index (χ4n) is 1.61. The number of nitrogens with two attached hydrogens (primary N) is 1. The summed E-state index contributed by atoms with van der Waals surface area (Å²) in [4.78, 5) is 25.0.